The first-order valence-electron chi connectivity index (χ1n) is 10.7. The van der Waals surface area contributed by atoms with Crippen LogP contribution in [0.15, 0.2) is 30.5 Å². The number of carbonyl (C=O) groups excluding carboxylic acids is 2. The molecular formula is C23H26N6O4. The lowest BCUT2D eigenvalue weighted by Crippen LogP contribution is -2.33. The molecule has 3 N–H and O–H groups in total. The van der Waals surface area contributed by atoms with Crippen molar-refractivity contribution in [3.63, 3.8) is 0 Å². The smallest absolute Gasteiger partial charge is 0.335 e. The highest BCUT2D eigenvalue weighted by Gasteiger charge is 2.28. The van der Waals surface area contributed by atoms with Crippen LogP contribution in [0.1, 0.15) is 60.5 Å². The molecule has 0 unspecified atom stereocenters. The van der Waals surface area contributed by atoms with E-state index in [-0.39, 0.29) is 34.8 Å². The van der Waals surface area contributed by atoms with Crippen molar-refractivity contribution in [1.82, 2.24) is 30.1 Å². The van der Waals surface area contributed by atoms with Crippen LogP contribution >= 0.6 is 0 Å². The molecule has 2 aromatic heterocycles. The molecule has 0 saturated heterocycles. The predicted molar refractivity (Wildman–Crippen MR) is 121 cm³/mol. The lowest BCUT2D eigenvalue weighted by molar-refractivity contribution is 0.0695. The predicted octanol–water partition coefficient (Wildman–Crippen LogP) is 1.44. The number of likely N-dealkylation sites (N-methyl/N-ethyl adjacent to an activating group) is 1. The summed E-state index contributed by atoms with van der Waals surface area (Å²) in [5, 5.41) is 19.4. The molecule has 33 heavy (non-hydrogen) atoms. The van der Waals surface area contributed by atoms with Gasteiger partial charge >= 0.3 is 5.97 Å². The van der Waals surface area contributed by atoms with Gasteiger partial charge in [0.05, 0.1) is 17.8 Å². The van der Waals surface area contributed by atoms with Crippen molar-refractivity contribution in [2.75, 3.05) is 27.2 Å². The number of aromatic carboxylic acids is 1. The van der Waals surface area contributed by atoms with E-state index >= 15 is 0 Å². The lowest BCUT2D eigenvalue weighted by atomic mass is 9.98. The second-order valence-electron chi connectivity index (χ2n) is 8.36. The molecule has 3 aromatic rings. The number of carboxylic acids is 1. The van der Waals surface area contributed by atoms with Crippen molar-refractivity contribution in [3.8, 4) is 0 Å². The number of nitrogens with zero attached hydrogens (tertiary/aromatic N) is 4. The van der Waals surface area contributed by atoms with Crippen LogP contribution in [-0.4, -0.2) is 69.6 Å². The quantitative estimate of drug-likeness (QED) is 0.497. The largest absolute Gasteiger partial charge is 0.478 e. The summed E-state index contributed by atoms with van der Waals surface area (Å²) in [5.41, 5.74) is 3.62. The number of amides is 2. The van der Waals surface area contributed by atoms with Crippen LogP contribution in [0, 0.1) is 6.92 Å². The van der Waals surface area contributed by atoms with Crippen molar-refractivity contribution in [2.24, 2.45) is 0 Å². The third-order valence-electron chi connectivity index (χ3n) is 5.90. The van der Waals surface area contributed by atoms with Gasteiger partial charge in [0, 0.05) is 25.2 Å². The van der Waals surface area contributed by atoms with E-state index in [1.54, 1.807) is 25.1 Å². The van der Waals surface area contributed by atoms with Crippen LogP contribution in [0.2, 0.25) is 0 Å². The van der Waals surface area contributed by atoms with Gasteiger partial charge in [-0.2, -0.15) is 5.10 Å². The molecular weight excluding hydrogens is 424 g/mol. The lowest BCUT2D eigenvalue weighted by Gasteiger charge is -2.16. The molecule has 0 radical (unpaired) electrons. The molecule has 1 aromatic carbocycles. The molecule has 1 aliphatic rings. The van der Waals surface area contributed by atoms with Gasteiger partial charge in [-0.3, -0.25) is 9.59 Å². The Hall–Kier alpha value is -3.79. The fourth-order valence-electron chi connectivity index (χ4n) is 4.17. The Bertz CT molecular complexity index is 1250. The summed E-state index contributed by atoms with van der Waals surface area (Å²) in [6.07, 6.45) is 2.87. The van der Waals surface area contributed by atoms with Gasteiger partial charge < -0.3 is 20.6 Å². The standard InChI is InChI=1S/C23H26N6O4/c1-13-14-6-7-17(16(14)5-4-15(13)23(32)33)27-22(31)19-12-18(21(30)24-10-11-28(2)3)26-20-8-9-25-29(19)20/h4-5,8-9,12,17H,6-7,10-11H2,1-3H3,(H,24,30)(H,27,31)(H,32,33)/t17-/m0/s1. The van der Waals surface area contributed by atoms with Crippen molar-refractivity contribution >= 4 is 23.4 Å². The Kier molecular flexibility index (Phi) is 6.10. The zero-order valence-electron chi connectivity index (χ0n) is 18.8. The molecule has 0 spiro atoms. The monoisotopic (exact) mass is 450 g/mol. The van der Waals surface area contributed by atoms with Crippen LogP contribution in [0.4, 0.5) is 0 Å². The average molecular weight is 450 g/mol. The number of aromatic nitrogens is 3. The second kappa shape index (κ2) is 8.99. The summed E-state index contributed by atoms with van der Waals surface area (Å²) in [5.74, 6) is -1.71. The highest BCUT2D eigenvalue weighted by atomic mass is 16.4. The third-order valence-corrected chi connectivity index (χ3v) is 5.90. The fraction of sp³-hybridized carbons (Fsp3) is 0.348. The molecule has 10 heteroatoms. The normalized spacial score (nSPS) is 15.0. The maximum atomic E-state index is 13.2. The summed E-state index contributed by atoms with van der Waals surface area (Å²) in [7, 11) is 3.83. The highest BCUT2D eigenvalue weighted by molar-refractivity contribution is 5.98. The highest BCUT2D eigenvalue weighted by Crippen LogP contribution is 2.34. The number of rotatable bonds is 7. The van der Waals surface area contributed by atoms with Crippen LogP contribution in [0.3, 0.4) is 0 Å². The van der Waals surface area contributed by atoms with E-state index in [1.165, 1.54) is 16.8 Å². The molecule has 4 rings (SSSR count). The minimum Gasteiger partial charge on any atom is -0.478 e. The number of hydrogen-bond donors (Lipinski definition) is 3. The Morgan fingerprint density at radius 3 is 2.73 bits per heavy atom. The van der Waals surface area contributed by atoms with Crippen molar-refractivity contribution in [2.45, 2.75) is 25.8 Å². The Morgan fingerprint density at radius 2 is 2.00 bits per heavy atom. The molecule has 1 atom stereocenters. The van der Waals surface area contributed by atoms with Crippen LogP contribution in [0.5, 0.6) is 0 Å². The summed E-state index contributed by atoms with van der Waals surface area (Å²) >= 11 is 0. The molecule has 0 fully saturated rings. The van der Waals surface area contributed by atoms with E-state index in [0.717, 1.165) is 16.7 Å². The number of hydrogen-bond acceptors (Lipinski definition) is 6. The number of benzene rings is 1. The van der Waals surface area contributed by atoms with E-state index in [4.69, 9.17) is 0 Å². The van der Waals surface area contributed by atoms with Gasteiger partial charge in [0.25, 0.3) is 11.8 Å². The van der Waals surface area contributed by atoms with Crippen molar-refractivity contribution in [1.29, 1.82) is 0 Å². The maximum absolute atomic E-state index is 13.2. The van der Waals surface area contributed by atoms with Gasteiger partial charge in [-0.25, -0.2) is 14.3 Å². The SMILES string of the molecule is Cc1c(C(=O)O)ccc2c1CC[C@@H]2NC(=O)c1cc(C(=O)NCCN(C)C)nc2ccnn12. The third kappa shape index (κ3) is 4.42. The van der Waals surface area contributed by atoms with Gasteiger partial charge in [-0.05, 0) is 56.6 Å². The Balaban J connectivity index is 1.58. The Morgan fingerprint density at radius 1 is 1.21 bits per heavy atom. The van der Waals surface area contributed by atoms with Gasteiger partial charge in [-0.1, -0.05) is 6.07 Å². The molecule has 2 amide bonds. The van der Waals surface area contributed by atoms with Crippen LogP contribution in [-0.2, 0) is 6.42 Å². The topological polar surface area (TPSA) is 129 Å². The number of nitrogens with one attached hydrogen (secondary N) is 2. The maximum Gasteiger partial charge on any atom is 0.335 e. The second-order valence-corrected chi connectivity index (χ2v) is 8.36. The first-order valence-corrected chi connectivity index (χ1v) is 10.7. The summed E-state index contributed by atoms with van der Waals surface area (Å²) < 4.78 is 1.40. The fourth-order valence-corrected chi connectivity index (χ4v) is 4.17. The molecule has 1 aliphatic carbocycles. The summed E-state index contributed by atoms with van der Waals surface area (Å²) in [6.45, 7) is 2.93. The molecule has 172 valence electrons. The van der Waals surface area contributed by atoms with Crippen LogP contribution < -0.4 is 10.6 Å². The first-order chi connectivity index (χ1) is 15.8. The van der Waals surface area contributed by atoms with E-state index in [1.807, 2.05) is 19.0 Å². The minimum absolute atomic E-state index is 0.140. The van der Waals surface area contributed by atoms with Gasteiger partial charge in [0.2, 0.25) is 0 Å². The number of carboxylic acid groups (broad SMARTS) is 1. The molecule has 0 saturated carbocycles. The zero-order chi connectivity index (χ0) is 23.7. The van der Waals surface area contributed by atoms with Gasteiger partial charge in [-0.15, -0.1) is 0 Å². The van der Waals surface area contributed by atoms with E-state index in [0.29, 0.717) is 31.6 Å². The van der Waals surface area contributed by atoms with Crippen molar-refractivity contribution < 1.29 is 19.5 Å². The molecule has 0 aliphatic heterocycles. The summed E-state index contributed by atoms with van der Waals surface area (Å²) in [6, 6.07) is 6.16. The van der Waals surface area contributed by atoms with Gasteiger partial charge in [0.1, 0.15) is 11.4 Å². The van der Waals surface area contributed by atoms with E-state index in [9.17, 15) is 19.5 Å². The first kappa shape index (κ1) is 22.4. The average Bonchev–Trinajstić information content (AvgIpc) is 3.40. The molecule has 2 heterocycles. The molecule has 10 nitrogen and oxygen atoms in total. The zero-order valence-corrected chi connectivity index (χ0v) is 18.8. The minimum atomic E-state index is -0.961. The van der Waals surface area contributed by atoms with Crippen molar-refractivity contribution in [3.05, 3.63) is 64.1 Å². The number of fused-ring (bicyclic) bond motifs is 2. The molecule has 0 bridgehead atoms. The summed E-state index contributed by atoms with van der Waals surface area (Å²) in [4.78, 5) is 43.5. The Labute approximate surface area is 190 Å². The van der Waals surface area contributed by atoms with Crippen LogP contribution in [0.25, 0.3) is 5.65 Å². The van der Waals surface area contributed by atoms with E-state index in [2.05, 4.69) is 20.7 Å². The number of carbonyl (C=O) groups is 3. The van der Waals surface area contributed by atoms with Gasteiger partial charge in [0.15, 0.2) is 5.65 Å². The van der Waals surface area contributed by atoms with E-state index < -0.39 is 5.97 Å².